The number of pyridine rings is 2. The van der Waals surface area contributed by atoms with Gasteiger partial charge in [-0.15, -0.1) is 0 Å². The first-order valence-corrected chi connectivity index (χ1v) is 11.5. The van der Waals surface area contributed by atoms with Gasteiger partial charge in [-0.3, -0.25) is 9.97 Å². The average Bonchev–Trinajstić information content (AvgIpc) is 2.92. The van der Waals surface area contributed by atoms with Gasteiger partial charge in [-0.1, -0.05) is 30.3 Å². The number of urea groups is 1. The van der Waals surface area contributed by atoms with E-state index in [-0.39, 0.29) is 6.03 Å². The Labute approximate surface area is 204 Å². The van der Waals surface area contributed by atoms with Crippen LogP contribution in [-0.4, -0.2) is 26.0 Å². The van der Waals surface area contributed by atoms with Gasteiger partial charge in [-0.05, 0) is 65.4 Å². The van der Waals surface area contributed by atoms with Crippen LogP contribution >= 0.6 is 0 Å². The molecule has 0 aliphatic heterocycles. The summed E-state index contributed by atoms with van der Waals surface area (Å²) in [4.78, 5) is 31.7. The molecule has 170 valence electrons. The quantitative estimate of drug-likeness (QED) is 0.219. The molecular weight excluding hydrogens is 448 g/mol. The summed E-state index contributed by atoms with van der Waals surface area (Å²) < 4.78 is 0. The van der Waals surface area contributed by atoms with E-state index >= 15 is 0 Å². The minimum Gasteiger partial charge on any atom is -0.308 e. The molecule has 7 nitrogen and oxygen atoms in total. The Hall–Kier alpha value is -5.17. The first-order valence-electron chi connectivity index (χ1n) is 11.5. The van der Waals surface area contributed by atoms with Crippen LogP contribution in [0.25, 0.3) is 54.6 Å². The molecule has 0 fully saturated rings. The van der Waals surface area contributed by atoms with Crippen LogP contribution in [-0.2, 0) is 0 Å². The highest BCUT2D eigenvalue weighted by atomic mass is 16.2. The average molecular weight is 467 g/mol. The normalized spacial score (nSPS) is 11.4. The van der Waals surface area contributed by atoms with Crippen molar-refractivity contribution in [2.45, 2.75) is 0 Å². The summed E-state index contributed by atoms with van der Waals surface area (Å²) in [5, 5.41) is 9.79. The summed E-state index contributed by atoms with van der Waals surface area (Å²) in [6.45, 7) is 0. The van der Waals surface area contributed by atoms with E-state index in [1.165, 1.54) is 0 Å². The van der Waals surface area contributed by atoms with Gasteiger partial charge in [0.2, 0.25) is 0 Å². The van der Waals surface area contributed by atoms with Crippen molar-refractivity contribution in [2.75, 3.05) is 10.6 Å². The summed E-state index contributed by atoms with van der Waals surface area (Å²) in [5.74, 6) is 0. The van der Waals surface area contributed by atoms with Crippen LogP contribution < -0.4 is 10.6 Å². The molecule has 0 unspecified atom stereocenters. The van der Waals surface area contributed by atoms with Crippen molar-refractivity contribution in [3.05, 3.63) is 97.3 Å². The molecule has 7 aromatic rings. The van der Waals surface area contributed by atoms with E-state index in [9.17, 15) is 4.79 Å². The largest absolute Gasteiger partial charge is 0.323 e. The molecule has 36 heavy (non-hydrogen) atoms. The van der Waals surface area contributed by atoms with Gasteiger partial charge in [0, 0.05) is 34.5 Å². The maximum absolute atomic E-state index is 12.7. The molecule has 0 saturated heterocycles. The van der Waals surface area contributed by atoms with E-state index in [0.717, 1.165) is 54.8 Å². The third kappa shape index (κ3) is 3.33. The van der Waals surface area contributed by atoms with Gasteiger partial charge in [0.05, 0.1) is 33.1 Å². The summed E-state index contributed by atoms with van der Waals surface area (Å²) in [6, 6.07) is 26.8. The highest BCUT2D eigenvalue weighted by Gasteiger charge is 2.14. The lowest BCUT2D eigenvalue weighted by Crippen LogP contribution is -2.19. The first-order chi connectivity index (χ1) is 17.7. The van der Waals surface area contributed by atoms with Gasteiger partial charge in [-0.2, -0.15) is 0 Å². The second-order valence-electron chi connectivity index (χ2n) is 8.56. The number of carbonyl (C=O) groups excluding carboxylic acids is 1. The molecule has 0 radical (unpaired) electrons. The minimum absolute atomic E-state index is 0.329. The van der Waals surface area contributed by atoms with Crippen LogP contribution in [0.3, 0.4) is 0 Å². The zero-order valence-corrected chi connectivity index (χ0v) is 18.9. The summed E-state index contributed by atoms with van der Waals surface area (Å²) >= 11 is 0. The molecule has 0 spiro atoms. The first kappa shape index (κ1) is 20.2. The molecule has 7 rings (SSSR count). The molecule has 0 bridgehead atoms. The molecule has 3 heterocycles. The number of carbonyl (C=O) groups is 1. The third-order valence-corrected chi connectivity index (χ3v) is 6.28. The number of hydrogen-bond donors (Lipinski definition) is 2. The van der Waals surface area contributed by atoms with Crippen LogP contribution in [0.1, 0.15) is 0 Å². The number of amides is 2. The summed E-state index contributed by atoms with van der Waals surface area (Å²) in [7, 11) is 0. The predicted octanol–water partition coefficient (Wildman–Crippen LogP) is 6.68. The molecule has 0 aliphatic rings. The van der Waals surface area contributed by atoms with Gasteiger partial charge in [0.1, 0.15) is 0 Å². The van der Waals surface area contributed by atoms with E-state index in [4.69, 9.17) is 9.97 Å². The molecule has 2 amide bonds. The Morgan fingerprint density at radius 2 is 1.17 bits per heavy atom. The second-order valence-corrected chi connectivity index (χ2v) is 8.56. The molecular formula is C29H18N6O. The molecule has 0 atom stereocenters. The van der Waals surface area contributed by atoms with Crippen molar-refractivity contribution in [2.24, 2.45) is 0 Å². The second kappa shape index (κ2) is 7.95. The highest BCUT2D eigenvalue weighted by Crippen LogP contribution is 2.32. The van der Waals surface area contributed by atoms with Crippen molar-refractivity contribution >= 4 is 72.1 Å². The fraction of sp³-hybridized carbons (Fsp3) is 0. The number of nitrogens with one attached hydrogen (secondary N) is 2. The third-order valence-electron chi connectivity index (χ3n) is 6.28. The van der Waals surface area contributed by atoms with Crippen molar-refractivity contribution in [3.8, 4) is 0 Å². The lowest BCUT2D eigenvalue weighted by molar-refractivity contribution is 0.262. The zero-order valence-electron chi connectivity index (χ0n) is 18.9. The minimum atomic E-state index is -0.329. The Kier molecular flexibility index (Phi) is 4.47. The Morgan fingerprint density at radius 3 is 1.89 bits per heavy atom. The number of fused-ring (bicyclic) bond motifs is 8. The van der Waals surface area contributed by atoms with Gasteiger partial charge >= 0.3 is 6.03 Å². The van der Waals surface area contributed by atoms with Gasteiger partial charge in [0.15, 0.2) is 0 Å². The van der Waals surface area contributed by atoms with Gasteiger partial charge < -0.3 is 10.6 Å². The molecule has 3 aromatic heterocycles. The number of rotatable bonds is 2. The van der Waals surface area contributed by atoms with Crippen molar-refractivity contribution in [1.29, 1.82) is 0 Å². The SMILES string of the molecule is O=C(Nc1ccc2ccccc2c1)Nc1ccc2nc3c4cccnc4c4ncccc4c3nc2c1. The number of benzene rings is 4. The van der Waals surface area contributed by atoms with E-state index in [0.29, 0.717) is 11.2 Å². The van der Waals surface area contributed by atoms with Gasteiger partial charge in [-0.25, -0.2) is 14.8 Å². The number of hydrogen-bond acceptors (Lipinski definition) is 5. The van der Waals surface area contributed by atoms with Crippen molar-refractivity contribution in [3.63, 3.8) is 0 Å². The maximum atomic E-state index is 12.7. The number of nitrogens with zero attached hydrogens (tertiary/aromatic N) is 4. The maximum Gasteiger partial charge on any atom is 0.323 e. The molecule has 7 heteroatoms. The summed E-state index contributed by atoms with van der Waals surface area (Å²) in [6.07, 6.45) is 3.52. The van der Waals surface area contributed by atoms with Crippen LogP contribution in [0, 0.1) is 0 Å². The van der Waals surface area contributed by atoms with Crippen LogP contribution in [0.4, 0.5) is 16.2 Å². The van der Waals surface area contributed by atoms with Gasteiger partial charge in [0.25, 0.3) is 0 Å². The molecule has 2 N–H and O–H groups in total. The Balaban J connectivity index is 1.27. The zero-order chi connectivity index (χ0) is 24.1. The topological polar surface area (TPSA) is 92.7 Å². The lowest BCUT2D eigenvalue weighted by Gasteiger charge is -2.11. The predicted molar refractivity (Wildman–Crippen MR) is 144 cm³/mol. The Morgan fingerprint density at radius 1 is 0.556 bits per heavy atom. The van der Waals surface area contributed by atoms with Crippen LogP contribution in [0.2, 0.25) is 0 Å². The van der Waals surface area contributed by atoms with Crippen molar-refractivity contribution in [1.82, 2.24) is 19.9 Å². The fourth-order valence-corrected chi connectivity index (χ4v) is 4.64. The van der Waals surface area contributed by atoms with Crippen LogP contribution in [0.15, 0.2) is 97.3 Å². The van der Waals surface area contributed by atoms with Crippen LogP contribution in [0.5, 0.6) is 0 Å². The Bertz CT molecular complexity index is 1980. The van der Waals surface area contributed by atoms with Crippen molar-refractivity contribution < 1.29 is 4.79 Å². The number of anilines is 2. The molecule has 4 aromatic carbocycles. The highest BCUT2D eigenvalue weighted by molar-refractivity contribution is 6.21. The summed E-state index contributed by atoms with van der Waals surface area (Å²) in [5.41, 5.74) is 5.88. The van der Waals surface area contributed by atoms with E-state index < -0.39 is 0 Å². The smallest absolute Gasteiger partial charge is 0.308 e. The monoisotopic (exact) mass is 466 g/mol. The lowest BCUT2D eigenvalue weighted by atomic mass is 10.1. The van der Waals surface area contributed by atoms with E-state index in [1.807, 2.05) is 84.9 Å². The fourth-order valence-electron chi connectivity index (χ4n) is 4.64. The standard InChI is InChI=1S/C29H18N6O/c36-29(32-19-10-9-17-5-1-2-6-18(17)15-19)33-20-11-12-23-24(16-20)35-28-22-8-4-14-31-26(22)25-21(27(28)34-23)7-3-13-30-25/h1-16H,(H2,32,33,36). The molecule has 0 saturated carbocycles. The number of aromatic nitrogens is 4. The molecule has 0 aliphatic carbocycles. The van der Waals surface area contributed by atoms with E-state index in [1.54, 1.807) is 12.4 Å². The van der Waals surface area contributed by atoms with E-state index in [2.05, 4.69) is 20.6 Å².